The largest absolute Gasteiger partial charge is 0.481 e. The zero-order valence-electron chi connectivity index (χ0n) is 12.6. The van der Waals surface area contributed by atoms with Gasteiger partial charge in [-0.15, -0.1) is 0 Å². The third-order valence-corrected chi connectivity index (χ3v) is 3.67. The monoisotopic (exact) mass is 289 g/mol. The van der Waals surface area contributed by atoms with Crippen LogP contribution >= 0.6 is 0 Å². The normalized spacial score (nSPS) is 12.4. The number of benzene rings is 1. The van der Waals surface area contributed by atoms with E-state index in [1.165, 1.54) is 4.90 Å². The molecule has 1 aromatic heterocycles. The highest BCUT2D eigenvalue weighted by Crippen LogP contribution is 2.28. The molecule has 112 valence electrons. The van der Waals surface area contributed by atoms with Crippen LogP contribution in [0.25, 0.3) is 11.0 Å². The Hall–Kier alpha value is -2.30. The summed E-state index contributed by atoms with van der Waals surface area (Å²) in [4.78, 5) is 24.7. The lowest BCUT2D eigenvalue weighted by molar-refractivity contribution is -0.141. The summed E-state index contributed by atoms with van der Waals surface area (Å²) in [5, 5.41) is 9.84. The van der Waals surface area contributed by atoms with Crippen LogP contribution in [-0.4, -0.2) is 35.5 Å². The molecule has 5 nitrogen and oxygen atoms in total. The van der Waals surface area contributed by atoms with Gasteiger partial charge in [-0.25, -0.2) is 0 Å². The predicted molar refractivity (Wildman–Crippen MR) is 79.4 cm³/mol. The van der Waals surface area contributed by atoms with E-state index in [0.717, 1.165) is 16.5 Å². The highest BCUT2D eigenvalue weighted by atomic mass is 16.4. The van der Waals surface area contributed by atoms with Crippen molar-refractivity contribution in [3.05, 3.63) is 35.1 Å². The lowest BCUT2D eigenvalue weighted by Gasteiger charge is -2.18. The van der Waals surface area contributed by atoms with Crippen molar-refractivity contribution in [2.75, 3.05) is 13.6 Å². The van der Waals surface area contributed by atoms with Gasteiger partial charge in [0.25, 0.3) is 5.91 Å². The van der Waals surface area contributed by atoms with Crippen molar-refractivity contribution in [3.8, 4) is 0 Å². The molecule has 0 saturated carbocycles. The molecular formula is C16H19NO4. The van der Waals surface area contributed by atoms with Gasteiger partial charge in [0.2, 0.25) is 0 Å². The molecular weight excluding hydrogens is 270 g/mol. The van der Waals surface area contributed by atoms with Crippen molar-refractivity contribution < 1.29 is 19.1 Å². The number of carbonyl (C=O) groups excluding carboxylic acids is 1. The topological polar surface area (TPSA) is 70.8 Å². The van der Waals surface area contributed by atoms with Crippen LogP contribution in [0.2, 0.25) is 0 Å². The number of hydrogen-bond acceptors (Lipinski definition) is 3. The summed E-state index contributed by atoms with van der Waals surface area (Å²) in [7, 11) is 1.58. The van der Waals surface area contributed by atoms with Gasteiger partial charge in [-0.1, -0.05) is 25.1 Å². The van der Waals surface area contributed by atoms with Crippen LogP contribution in [0.15, 0.2) is 22.6 Å². The second-order valence-corrected chi connectivity index (χ2v) is 5.43. The van der Waals surface area contributed by atoms with Crippen LogP contribution < -0.4 is 0 Å². The number of nitrogens with zero attached hydrogens (tertiary/aromatic N) is 1. The maximum absolute atomic E-state index is 12.4. The third-order valence-electron chi connectivity index (χ3n) is 3.67. The molecule has 1 aromatic carbocycles. The average molecular weight is 289 g/mol. The number of rotatable bonds is 4. The minimum Gasteiger partial charge on any atom is -0.481 e. The number of aryl methyl sites for hydroxylation is 2. The number of fused-ring (bicyclic) bond motifs is 1. The zero-order valence-corrected chi connectivity index (χ0v) is 12.6. The molecule has 1 heterocycles. The number of aliphatic carboxylic acids is 1. The molecule has 0 bridgehead atoms. The third kappa shape index (κ3) is 2.77. The van der Waals surface area contributed by atoms with E-state index in [2.05, 4.69) is 0 Å². The second kappa shape index (κ2) is 5.60. The average Bonchev–Trinajstić information content (AvgIpc) is 2.77. The lowest BCUT2D eigenvalue weighted by atomic mass is 10.1. The second-order valence-electron chi connectivity index (χ2n) is 5.43. The van der Waals surface area contributed by atoms with E-state index in [1.807, 2.05) is 32.0 Å². The van der Waals surface area contributed by atoms with Crippen molar-refractivity contribution in [2.45, 2.75) is 20.8 Å². The molecule has 1 atom stereocenters. The molecule has 2 aromatic rings. The first kappa shape index (κ1) is 15.1. The summed E-state index contributed by atoms with van der Waals surface area (Å²) < 4.78 is 5.72. The molecule has 1 N–H and O–H groups in total. The fourth-order valence-electron chi connectivity index (χ4n) is 2.33. The molecule has 0 saturated heterocycles. The van der Waals surface area contributed by atoms with Gasteiger partial charge in [-0.3, -0.25) is 9.59 Å². The van der Waals surface area contributed by atoms with Crippen molar-refractivity contribution in [2.24, 2.45) is 5.92 Å². The van der Waals surface area contributed by atoms with E-state index in [9.17, 15) is 9.59 Å². The summed E-state index contributed by atoms with van der Waals surface area (Å²) in [6, 6.07) is 5.76. The molecule has 0 radical (unpaired) electrons. The van der Waals surface area contributed by atoms with Crippen molar-refractivity contribution in [1.29, 1.82) is 0 Å². The first-order chi connectivity index (χ1) is 9.82. The summed E-state index contributed by atoms with van der Waals surface area (Å²) in [5.41, 5.74) is 2.46. The Labute approximate surface area is 123 Å². The maximum Gasteiger partial charge on any atom is 0.308 e. The smallest absolute Gasteiger partial charge is 0.308 e. The van der Waals surface area contributed by atoms with Gasteiger partial charge < -0.3 is 14.4 Å². The van der Waals surface area contributed by atoms with E-state index in [1.54, 1.807) is 14.0 Å². The summed E-state index contributed by atoms with van der Waals surface area (Å²) >= 11 is 0. The summed E-state index contributed by atoms with van der Waals surface area (Å²) in [5.74, 6) is -1.56. The van der Waals surface area contributed by atoms with E-state index >= 15 is 0 Å². The Kier molecular flexibility index (Phi) is 4.02. The Morgan fingerprint density at radius 2 is 2.00 bits per heavy atom. The fourth-order valence-corrected chi connectivity index (χ4v) is 2.33. The quantitative estimate of drug-likeness (QED) is 0.939. The van der Waals surface area contributed by atoms with E-state index < -0.39 is 11.9 Å². The van der Waals surface area contributed by atoms with Crippen LogP contribution in [0.5, 0.6) is 0 Å². The molecule has 0 spiro atoms. The SMILES string of the molecule is Cc1c(C(=O)N(C)CC(C)C(=O)O)oc2c(C)cccc12. The minimum absolute atomic E-state index is 0.142. The van der Waals surface area contributed by atoms with Crippen LogP contribution in [-0.2, 0) is 4.79 Å². The Balaban J connectivity index is 2.33. The molecule has 2 rings (SSSR count). The van der Waals surface area contributed by atoms with Gasteiger partial charge in [0.15, 0.2) is 5.76 Å². The van der Waals surface area contributed by atoms with Gasteiger partial charge in [-0.05, 0) is 19.4 Å². The number of carboxylic acid groups (broad SMARTS) is 1. The van der Waals surface area contributed by atoms with E-state index in [-0.39, 0.29) is 18.2 Å². The molecule has 0 aliphatic rings. The number of furan rings is 1. The maximum atomic E-state index is 12.4. The van der Waals surface area contributed by atoms with Crippen LogP contribution in [0.1, 0.15) is 28.6 Å². The Morgan fingerprint density at radius 3 is 2.57 bits per heavy atom. The lowest BCUT2D eigenvalue weighted by Crippen LogP contribution is -2.33. The molecule has 5 heteroatoms. The molecule has 0 aliphatic heterocycles. The van der Waals surface area contributed by atoms with Gasteiger partial charge in [0, 0.05) is 24.5 Å². The van der Waals surface area contributed by atoms with Crippen LogP contribution in [0.4, 0.5) is 0 Å². The van der Waals surface area contributed by atoms with E-state index in [0.29, 0.717) is 5.58 Å². The summed E-state index contributed by atoms with van der Waals surface area (Å²) in [6.07, 6.45) is 0. The fraction of sp³-hybridized carbons (Fsp3) is 0.375. The highest BCUT2D eigenvalue weighted by molar-refractivity contribution is 5.99. The van der Waals surface area contributed by atoms with Gasteiger partial charge in [-0.2, -0.15) is 0 Å². The first-order valence-corrected chi connectivity index (χ1v) is 6.80. The van der Waals surface area contributed by atoms with Crippen molar-refractivity contribution in [3.63, 3.8) is 0 Å². The molecule has 1 unspecified atom stereocenters. The number of carboxylic acids is 1. The van der Waals surface area contributed by atoms with Crippen molar-refractivity contribution >= 4 is 22.8 Å². The first-order valence-electron chi connectivity index (χ1n) is 6.80. The van der Waals surface area contributed by atoms with Crippen LogP contribution in [0, 0.1) is 19.8 Å². The number of carbonyl (C=O) groups is 2. The standard InChI is InChI=1S/C16H19NO4/c1-9-6-5-7-12-11(3)14(21-13(9)12)15(18)17(4)8-10(2)16(19)20/h5-7,10H,8H2,1-4H3,(H,19,20). The predicted octanol–water partition coefficient (Wildman–Crippen LogP) is 2.84. The number of hydrogen-bond donors (Lipinski definition) is 1. The van der Waals surface area contributed by atoms with Gasteiger partial charge in [0.1, 0.15) is 5.58 Å². The number of amides is 1. The number of para-hydroxylation sites is 1. The molecule has 0 fully saturated rings. The highest BCUT2D eigenvalue weighted by Gasteiger charge is 2.24. The van der Waals surface area contributed by atoms with Gasteiger partial charge in [0.05, 0.1) is 5.92 Å². The molecule has 21 heavy (non-hydrogen) atoms. The molecule has 0 aliphatic carbocycles. The minimum atomic E-state index is -0.924. The Morgan fingerprint density at radius 1 is 1.33 bits per heavy atom. The van der Waals surface area contributed by atoms with Crippen LogP contribution in [0.3, 0.4) is 0 Å². The summed E-state index contributed by atoms with van der Waals surface area (Å²) in [6.45, 7) is 5.48. The Bertz CT molecular complexity index is 702. The van der Waals surface area contributed by atoms with Crippen molar-refractivity contribution in [1.82, 2.24) is 4.90 Å². The molecule has 1 amide bonds. The van der Waals surface area contributed by atoms with E-state index in [4.69, 9.17) is 9.52 Å². The zero-order chi connectivity index (χ0) is 15.7. The van der Waals surface area contributed by atoms with Gasteiger partial charge >= 0.3 is 5.97 Å².